The molecule has 0 bridgehead atoms. The minimum absolute atomic E-state index is 0.0253. The van der Waals surface area contributed by atoms with Crippen molar-refractivity contribution in [1.82, 2.24) is 10.2 Å². The van der Waals surface area contributed by atoms with E-state index in [2.05, 4.69) is 19.2 Å². The highest BCUT2D eigenvalue weighted by Gasteiger charge is 2.24. The van der Waals surface area contributed by atoms with Crippen molar-refractivity contribution in [3.8, 4) is 0 Å². The molecule has 0 spiro atoms. The predicted molar refractivity (Wildman–Crippen MR) is 80.7 cm³/mol. The second-order valence-electron chi connectivity index (χ2n) is 6.94. The Morgan fingerprint density at radius 2 is 1.80 bits per heavy atom. The van der Waals surface area contributed by atoms with E-state index in [4.69, 9.17) is 5.11 Å². The molecule has 2 amide bonds. The molecule has 0 aliphatic carbocycles. The Bertz CT molecular complexity index is 322. The quantitative estimate of drug-likeness (QED) is 0.756. The van der Waals surface area contributed by atoms with E-state index in [1.807, 2.05) is 27.7 Å². The molecule has 118 valence electrons. The molecule has 0 saturated carbocycles. The maximum atomic E-state index is 12.2. The lowest BCUT2D eigenvalue weighted by atomic mass is 9.87. The summed E-state index contributed by atoms with van der Waals surface area (Å²) in [4.78, 5) is 24.9. The maximum Gasteiger partial charge on any atom is 0.317 e. The minimum Gasteiger partial charge on any atom is -0.481 e. The van der Waals surface area contributed by atoms with Crippen LogP contribution in [-0.4, -0.2) is 41.1 Å². The molecule has 1 atom stereocenters. The van der Waals surface area contributed by atoms with Crippen molar-refractivity contribution < 1.29 is 14.7 Å². The van der Waals surface area contributed by atoms with Gasteiger partial charge < -0.3 is 15.3 Å². The lowest BCUT2D eigenvalue weighted by molar-refractivity contribution is -0.137. The summed E-state index contributed by atoms with van der Waals surface area (Å²) < 4.78 is 0. The molecule has 20 heavy (non-hydrogen) atoms. The monoisotopic (exact) mass is 286 g/mol. The number of hydrogen-bond donors (Lipinski definition) is 2. The van der Waals surface area contributed by atoms with Gasteiger partial charge in [-0.05, 0) is 24.7 Å². The summed E-state index contributed by atoms with van der Waals surface area (Å²) in [6.07, 6.45) is 0.604. The number of carboxylic acid groups (broad SMARTS) is 1. The zero-order chi connectivity index (χ0) is 15.9. The molecule has 0 aromatic rings. The van der Waals surface area contributed by atoms with Crippen LogP contribution in [-0.2, 0) is 4.79 Å². The van der Waals surface area contributed by atoms with Crippen molar-refractivity contribution in [3.63, 3.8) is 0 Å². The molecule has 2 N–H and O–H groups in total. The number of nitrogens with zero attached hydrogens (tertiary/aromatic N) is 1. The van der Waals surface area contributed by atoms with Crippen molar-refractivity contribution in [1.29, 1.82) is 0 Å². The number of aliphatic carboxylic acids is 1. The van der Waals surface area contributed by atoms with Crippen LogP contribution in [0.25, 0.3) is 0 Å². The Morgan fingerprint density at radius 3 is 2.15 bits per heavy atom. The van der Waals surface area contributed by atoms with Crippen LogP contribution >= 0.6 is 0 Å². The summed E-state index contributed by atoms with van der Waals surface area (Å²) in [7, 11) is 0. The van der Waals surface area contributed by atoms with E-state index < -0.39 is 5.97 Å². The van der Waals surface area contributed by atoms with E-state index in [0.29, 0.717) is 25.4 Å². The van der Waals surface area contributed by atoms with Crippen LogP contribution in [0.3, 0.4) is 0 Å². The van der Waals surface area contributed by atoms with Crippen LogP contribution in [0.15, 0.2) is 0 Å². The van der Waals surface area contributed by atoms with Gasteiger partial charge in [-0.1, -0.05) is 34.6 Å². The summed E-state index contributed by atoms with van der Waals surface area (Å²) in [6, 6.07) is -0.502. The van der Waals surface area contributed by atoms with E-state index in [9.17, 15) is 9.59 Å². The van der Waals surface area contributed by atoms with Crippen molar-refractivity contribution in [2.75, 3.05) is 13.1 Å². The minimum atomic E-state index is -0.883. The summed E-state index contributed by atoms with van der Waals surface area (Å²) in [5, 5.41) is 11.8. The average Bonchev–Trinajstić information content (AvgIpc) is 2.21. The molecule has 0 rings (SSSR count). The number of carboxylic acids is 1. The number of carbonyl (C=O) groups excluding carboxylic acids is 1. The molecule has 0 saturated heterocycles. The van der Waals surface area contributed by atoms with Gasteiger partial charge in [0, 0.05) is 19.1 Å². The zero-order valence-electron chi connectivity index (χ0n) is 13.7. The second kappa shape index (κ2) is 8.12. The Morgan fingerprint density at radius 1 is 1.25 bits per heavy atom. The van der Waals surface area contributed by atoms with Crippen molar-refractivity contribution in [2.24, 2.45) is 11.3 Å². The molecule has 1 unspecified atom stereocenters. The standard InChI is InChI=1S/C15H30N2O3/c1-7-17(10-11(2)3)14(20)16-12(8-13(18)19)9-15(4,5)6/h11-12H,7-10H2,1-6H3,(H,16,20)(H,18,19). The molecule has 5 heteroatoms. The molecule has 0 fully saturated rings. The largest absolute Gasteiger partial charge is 0.481 e. The SMILES string of the molecule is CCN(CC(C)C)C(=O)NC(CC(=O)O)CC(C)(C)C. The molecule has 0 heterocycles. The van der Waals surface area contributed by atoms with E-state index in [-0.39, 0.29) is 23.9 Å². The van der Waals surface area contributed by atoms with Crippen LogP contribution in [0.4, 0.5) is 4.79 Å². The number of amides is 2. The van der Waals surface area contributed by atoms with Crippen LogP contribution < -0.4 is 5.32 Å². The summed E-state index contributed by atoms with van der Waals surface area (Å²) in [5.74, 6) is -0.493. The van der Waals surface area contributed by atoms with Gasteiger partial charge in [-0.15, -0.1) is 0 Å². The molecular weight excluding hydrogens is 256 g/mol. The van der Waals surface area contributed by atoms with E-state index in [0.717, 1.165) is 0 Å². The average molecular weight is 286 g/mol. The number of urea groups is 1. The van der Waals surface area contributed by atoms with Gasteiger partial charge in [0.25, 0.3) is 0 Å². The summed E-state index contributed by atoms with van der Waals surface area (Å²) >= 11 is 0. The number of hydrogen-bond acceptors (Lipinski definition) is 2. The lowest BCUT2D eigenvalue weighted by Crippen LogP contribution is -2.47. The molecule has 0 aromatic carbocycles. The molecule has 0 aromatic heterocycles. The topological polar surface area (TPSA) is 69.6 Å². The maximum absolute atomic E-state index is 12.2. The second-order valence-corrected chi connectivity index (χ2v) is 6.94. The molecule has 0 aliphatic heterocycles. The third kappa shape index (κ3) is 8.77. The van der Waals surface area contributed by atoms with Crippen LogP contribution in [0.2, 0.25) is 0 Å². The van der Waals surface area contributed by atoms with Crippen LogP contribution in [0, 0.1) is 11.3 Å². The number of rotatable bonds is 7. The highest BCUT2D eigenvalue weighted by molar-refractivity contribution is 5.76. The first-order valence-electron chi connectivity index (χ1n) is 7.32. The van der Waals surface area contributed by atoms with E-state index >= 15 is 0 Å². The Balaban J connectivity index is 4.69. The first kappa shape index (κ1) is 18.7. The van der Waals surface area contributed by atoms with Crippen molar-refractivity contribution >= 4 is 12.0 Å². The number of nitrogens with one attached hydrogen (secondary N) is 1. The van der Waals surface area contributed by atoms with E-state index in [1.54, 1.807) is 4.90 Å². The normalized spacial score (nSPS) is 13.2. The summed E-state index contributed by atoms with van der Waals surface area (Å²) in [6.45, 7) is 13.5. The highest BCUT2D eigenvalue weighted by Crippen LogP contribution is 2.22. The number of carbonyl (C=O) groups is 2. The predicted octanol–water partition coefficient (Wildman–Crippen LogP) is 2.95. The zero-order valence-corrected chi connectivity index (χ0v) is 13.7. The van der Waals surface area contributed by atoms with Gasteiger partial charge in [0.2, 0.25) is 0 Å². The van der Waals surface area contributed by atoms with Gasteiger partial charge in [0.05, 0.1) is 6.42 Å². The first-order chi connectivity index (χ1) is 9.05. The van der Waals surface area contributed by atoms with Crippen molar-refractivity contribution in [2.45, 2.75) is 60.4 Å². The fourth-order valence-electron chi connectivity index (χ4n) is 2.19. The molecule has 0 aliphatic rings. The van der Waals surface area contributed by atoms with E-state index in [1.165, 1.54) is 0 Å². The highest BCUT2D eigenvalue weighted by atomic mass is 16.4. The first-order valence-corrected chi connectivity index (χ1v) is 7.32. The van der Waals surface area contributed by atoms with Gasteiger partial charge in [-0.3, -0.25) is 4.79 Å². The van der Waals surface area contributed by atoms with Gasteiger partial charge in [0.15, 0.2) is 0 Å². The van der Waals surface area contributed by atoms with Gasteiger partial charge in [-0.25, -0.2) is 4.79 Å². The Kier molecular flexibility index (Phi) is 7.61. The molecule has 0 radical (unpaired) electrons. The molecular formula is C15H30N2O3. The fourth-order valence-corrected chi connectivity index (χ4v) is 2.19. The Labute approximate surface area is 122 Å². The van der Waals surface area contributed by atoms with Gasteiger partial charge in [-0.2, -0.15) is 0 Å². The fraction of sp³-hybridized carbons (Fsp3) is 0.867. The smallest absolute Gasteiger partial charge is 0.317 e. The summed E-state index contributed by atoms with van der Waals surface area (Å²) in [5.41, 5.74) is -0.0253. The molecule has 5 nitrogen and oxygen atoms in total. The third-order valence-electron chi connectivity index (χ3n) is 2.86. The van der Waals surface area contributed by atoms with Crippen LogP contribution in [0.1, 0.15) is 54.4 Å². The third-order valence-corrected chi connectivity index (χ3v) is 2.86. The van der Waals surface area contributed by atoms with Crippen LogP contribution in [0.5, 0.6) is 0 Å². The van der Waals surface area contributed by atoms with Gasteiger partial charge in [0.1, 0.15) is 0 Å². The van der Waals surface area contributed by atoms with Crippen molar-refractivity contribution in [3.05, 3.63) is 0 Å². The lowest BCUT2D eigenvalue weighted by Gasteiger charge is -2.29. The van der Waals surface area contributed by atoms with Gasteiger partial charge >= 0.3 is 12.0 Å². The Hall–Kier alpha value is -1.26.